The molecule has 3 aliphatic heterocycles. The number of nitrogens with zero attached hydrogens (tertiary/aromatic N) is 3. The molecule has 1 N–H and O–H groups in total. The Kier molecular flexibility index (Phi) is 5.83. The molecule has 0 aliphatic carbocycles. The molecule has 1 atom stereocenters. The quantitative estimate of drug-likeness (QED) is 0.484. The molecule has 3 aromatic rings. The van der Waals surface area contributed by atoms with Gasteiger partial charge in [-0.15, -0.1) is 11.8 Å². The maximum absolute atomic E-state index is 13.3. The minimum atomic E-state index is -0.572. The van der Waals surface area contributed by atoms with E-state index in [1.807, 2.05) is 41.4 Å². The largest absolute Gasteiger partial charge is 0.502 e. The third kappa shape index (κ3) is 3.47. The Morgan fingerprint density at radius 2 is 1.88 bits per heavy atom. The molecule has 0 unspecified atom stereocenters. The fraction of sp³-hybridized carbons (Fsp3) is 0.200. The number of hydrogen-bond donors (Lipinski definition) is 1. The topological polar surface area (TPSA) is 75.0 Å². The number of ether oxygens (including phenoxy) is 1. The summed E-state index contributed by atoms with van der Waals surface area (Å²) in [6.07, 6.45) is 5.35. The van der Waals surface area contributed by atoms with Gasteiger partial charge < -0.3 is 14.7 Å². The summed E-state index contributed by atoms with van der Waals surface area (Å²) < 4.78 is 7.84. The van der Waals surface area contributed by atoms with E-state index in [4.69, 9.17) is 4.74 Å². The van der Waals surface area contributed by atoms with Crippen molar-refractivity contribution in [2.75, 3.05) is 24.8 Å². The minimum absolute atomic E-state index is 0. The van der Waals surface area contributed by atoms with Crippen LogP contribution in [0.1, 0.15) is 33.2 Å². The lowest BCUT2D eigenvalue weighted by Gasteiger charge is -2.44. The number of benzene rings is 2. The molecule has 0 saturated heterocycles. The summed E-state index contributed by atoms with van der Waals surface area (Å²) in [5.74, 6) is 0.666. The summed E-state index contributed by atoms with van der Waals surface area (Å²) in [6, 6.07) is 15.3. The molecule has 9 heteroatoms. The summed E-state index contributed by atoms with van der Waals surface area (Å²) in [7, 11) is 0. The molecule has 0 radical (unpaired) electrons. The summed E-state index contributed by atoms with van der Waals surface area (Å²) in [5, 5.41) is 12.7. The molecule has 6 rings (SSSR count). The van der Waals surface area contributed by atoms with Gasteiger partial charge >= 0.3 is 0 Å². The number of aromatic nitrogens is 1. The van der Waals surface area contributed by atoms with Crippen molar-refractivity contribution in [1.29, 1.82) is 0 Å². The first-order chi connectivity index (χ1) is 16.1. The molecule has 7 nitrogen and oxygen atoms in total. The van der Waals surface area contributed by atoms with Gasteiger partial charge in [-0.3, -0.25) is 19.3 Å². The first-order valence-corrected chi connectivity index (χ1v) is 11.7. The highest BCUT2D eigenvalue weighted by Gasteiger charge is 2.39. The molecule has 34 heavy (non-hydrogen) atoms. The van der Waals surface area contributed by atoms with E-state index in [9.17, 15) is 14.7 Å². The summed E-state index contributed by atoms with van der Waals surface area (Å²) in [4.78, 5) is 28.3. The molecule has 4 heterocycles. The van der Waals surface area contributed by atoms with Crippen LogP contribution in [0.3, 0.4) is 0 Å². The molecule has 0 spiro atoms. The van der Waals surface area contributed by atoms with E-state index in [2.05, 4.69) is 18.2 Å². The Hall–Kier alpha value is -3.30. The van der Waals surface area contributed by atoms with Crippen molar-refractivity contribution in [1.82, 2.24) is 9.58 Å². The number of thioether (sulfide) groups is 1. The summed E-state index contributed by atoms with van der Waals surface area (Å²) in [5.41, 5.74) is 2.68. The zero-order valence-corrected chi connectivity index (χ0v) is 20.0. The summed E-state index contributed by atoms with van der Waals surface area (Å²) >= 11 is 1.77. The second kappa shape index (κ2) is 8.81. The van der Waals surface area contributed by atoms with Crippen LogP contribution in [0.25, 0.3) is 0 Å². The number of pyridine rings is 1. The van der Waals surface area contributed by atoms with Crippen LogP contribution in [-0.4, -0.2) is 40.4 Å². The zero-order valence-electron chi connectivity index (χ0n) is 18.2. The normalized spacial score (nSPS) is 19.3. The zero-order chi connectivity index (χ0) is 22.5. The predicted molar refractivity (Wildman–Crippen MR) is 136 cm³/mol. The molecule has 0 saturated carbocycles. The van der Waals surface area contributed by atoms with Crippen LogP contribution >= 0.6 is 25.3 Å². The van der Waals surface area contributed by atoms with E-state index >= 15 is 0 Å². The second-order valence-electron chi connectivity index (χ2n) is 8.17. The van der Waals surface area contributed by atoms with Crippen LogP contribution in [0.5, 0.6) is 11.5 Å². The van der Waals surface area contributed by atoms with Crippen LogP contribution in [0.2, 0.25) is 0 Å². The van der Waals surface area contributed by atoms with Crippen LogP contribution < -0.4 is 15.2 Å². The fourth-order valence-corrected chi connectivity index (χ4v) is 5.84. The second-order valence-corrected chi connectivity index (χ2v) is 9.19. The van der Waals surface area contributed by atoms with Gasteiger partial charge in [-0.1, -0.05) is 36.4 Å². The van der Waals surface area contributed by atoms with Crippen molar-refractivity contribution in [2.24, 2.45) is 0 Å². The first kappa shape index (κ1) is 22.5. The molecule has 174 valence electrons. The Morgan fingerprint density at radius 1 is 1.03 bits per heavy atom. The Bertz CT molecular complexity index is 1370. The highest BCUT2D eigenvalue weighted by atomic mass is 32.2. The average molecular weight is 494 g/mol. The SMILES string of the molecule is O=C1c2c(O)c(=O)ccn2N2CN1C/C=C/COc1cccc3c1[C@H]2c1ccccc1SC3.S. The number of hydrogen-bond acceptors (Lipinski definition) is 6. The Balaban J connectivity index is 0.00000241. The number of carbonyl (C=O) groups is 1. The molecule has 1 amide bonds. The molecule has 1 aromatic heterocycles. The number of amides is 1. The van der Waals surface area contributed by atoms with Crippen LogP contribution in [0, 0.1) is 0 Å². The average Bonchev–Trinajstić information content (AvgIpc) is 3.01. The van der Waals surface area contributed by atoms with Gasteiger partial charge in [-0.2, -0.15) is 13.5 Å². The number of carbonyl (C=O) groups excluding carboxylic acids is 1. The number of aromatic hydroxyl groups is 1. The highest BCUT2D eigenvalue weighted by Crippen LogP contribution is 2.46. The smallest absolute Gasteiger partial charge is 0.278 e. The van der Waals surface area contributed by atoms with Gasteiger partial charge in [-0.25, -0.2) is 0 Å². The minimum Gasteiger partial charge on any atom is -0.502 e. The maximum Gasteiger partial charge on any atom is 0.278 e. The number of fused-ring (bicyclic) bond motifs is 7. The molecular formula is C25H23N3O4S2. The first-order valence-electron chi connectivity index (χ1n) is 10.8. The number of rotatable bonds is 0. The van der Waals surface area contributed by atoms with E-state index in [-0.39, 0.29) is 37.8 Å². The van der Waals surface area contributed by atoms with Gasteiger partial charge in [-0.05, 0) is 29.3 Å². The predicted octanol–water partition coefficient (Wildman–Crippen LogP) is 3.36. The van der Waals surface area contributed by atoms with Crippen molar-refractivity contribution in [3.8, 4) is 11.5 Å². The van der Waals surface area contributed by atoms with E-state index in [0.717, 1.165) is 33.1 Å². The standard InChI is InChI=1S/C25H21N3O4S.H2S/c29-18-10-12-27-23(24(18)30)25(31)26-11-3-4-13-32-19-8-5-6-16-14-33-20-9-2-1-7-17(20)22(21(16)19)28(27)15-26;/h1-10,12,22,30H,11,13-15H2;1H2/b4-3+;/t22-;/m1./s1. The van der Waals surface area contributed by atoms with Crippen LogP contribution in [0.15, 0.2) is 76.6 Å². The van der Waals surface area contributed by atoms with Crippen LogP contribution in [-0.2, 0) is 5.75 Å². The van der Waals surface area contributed by atoms with Gasteiger partial charge in [0.05, 0.1) is 0 Å². The van der Waals surface area contributed by atoms with Gasteiger partial charge in [0.1, 0.15) is 25.1 Å². The lowest BCUT2D eigenvalue weighted by Crippen LogP contribution is -2.55. The Labute approximate surface area is 207 Å². The lowest BCUT2D eigenvalue weighted by molar-refractivity contribution is 0.0701. The fourth-order valence-electron chi connectivity index (χ4n) is 4.75. The van der Waals surface area contributed by atoms with E-state index in [1.165, 1.54) is 6.07 Å². The van der Waals surface area contributed by atoms with Gasteiger partial charge in [0.25, 0.3) is 5.91 Å². The maximum atomic E-state index is 13.3. The highest BCUT2D eigenvalue weighted by molar-refractivity contribution is 7.98. The van der Waals surface area contributed by atoms with E-state index in [1.54, 1.807) is 27.5 Å². The lowest BCUT2D eigenvalue weighted by atomic mass is 9.93. The van der Waals surface area contributed by atoms with Crippen LogP contribution in [0.4, 0.5) is 0 Å². The van der Waals surface area contributed by atoms with Gasteiger partial charge in [0.15, 0.2) is 11.4 Å². The monoisotopic (exact) mass is 493 g/mol. The Morgan fingerprint density at radius 3 is 2.76 bits per heavy atom. The van der Waals surface area contributed by atoms with Crippen molar-refractivity contribution < 1.29 is 14.6 Å². The molecule has 0 fully saturated rings. The van der Waals surface area contributed by atoms with Crippen molar-refractivity contribution in [2.45, 2.75) is 16.7 Å². The molecular weight excluding hydrogens is 470 g/mol. The van der Waals surface area contributed by atoms with E-state index in [0.29, 0.717) is 13.2 Å². The van der Waals surface area contributed by atoms with Gasteiger partial charge in [0.2, 0.25) is 5.43 Å². The molecule has 3 aliphatic rings. The van der Waals surface area contributed by atoms with Gasteiger partial charge in [0, 0.05) is 35.0 Å². The molecule has 2 aromatic carbocycles. The van der Waals surface area contributed by atoms with Crippen molar-refractivity contribution in [3.63, 3.8) is 0 Å². The van der Waals surface area contributed by atoms with Crippen molar-refractivity contribution >= 4 is 31.2 Å². The van der Waals surface area contributed by atoms with Crippen molar-refractivity contribution in [3.05, 3.63) is 99.5 Å². The van der Waals surface area contributed by atoms with E-state index < -0.39 is 11.2 Å². The third-order valence-electron chi connectivity index (χ3n) is 6.29. The third-order valence-corrected chi connectivity index (χ3v) is 7.43. The molecule has 2 bridgehead atoms. The summed E-state index contributed by atoms with van der Waals surface area (Å²) in [6.45, 7) is 1.01.